The molecule has 0 bridgehead atoms. The Balaban J connectivity index is 2.35. The molecule has 3 rings (SSSR count). The fraction of sp³-hybridized carbons (Fsp3) is 0.143. The highest BCUT2D eigenvalue weighted by Crippen LogP contribution is 2.27. The van der Waals surface area contributed by atoms with Gasteiger partial charge in [0, 0.05) is 25.0 Å². The van der Waals surface area contributed by atoms with Crippen LogP contribution in [0, 0.1) is 6.92 Å². The van der Waals surface area contributed by atoms with Crippen LogP contribution >= 0.6 is 0 Å². The van der Waals surface area contributed by atoms with Crippen LogP contribution in [0.5, 0.6) is 0 Å². The number of para-hydroxylation sites is 1. The SMILES string of the molecule is Cc1nc2c(-c3ccncc3)cccc2n1C. The van der Waals surface area contributed by atoms with Gasteiger partial charge in [0.25, 0.3) is 0 Å². The molecular weight excluding hydrogens is 210 g/mol. The monoisotopic (exact) mass is 223 g/mol. The number of fused-ring (bicyclic) bond motifs is 1. The molecule has 0 amide bonds. The summed E-state index contributed by atoms with van der Waals surface area (Å²) in [4.78, 5) is 8.68. The van der Waals surface area contributed by atoms with Gasteiger partial charge in [-0.25, -0.2) is 4.98 Å². The van der Waals surface area contributed by atoms with Crippen LogP contribution in [-0.2, 0) is 7.05 Å². The van der Waals surface area contributed by atoms with Gasteiger partial charge < -0.3 is 4.57 Å². The quantitative estimate of drug-likeness (QED) is 0.635. The second-order valence-electron chi connectivity index (χ2n) is 4.13. The van der Waals surface area contributed by atoms with Gasteiger partial charge in [0.1, 0.15) is 5.82 Å². The highest BCUT2D eigenvalue weighted by atomic mass is 15.0. The molecule has 2 aromatic heterocycles. The Labute approximate surface area is 99.8 Å². The van der Waals surface area contributed by atoms with Crippen molar-refractivity contribution in [3.8, 4) is 11.1 Å². The molecule has 0 saturated heterocycles. The van der Waals surface area contributed by atoms with Gasteiger partial charge in [-0.3, -0.25) is 4.98 Å². The normalized spacial score (nSPS) is 10.9. The maximum Gasteiger partial charge on any atom is 0.106 e. The van der Waals surface area contributed by atoms with E-state index >= 15 is 0 Å². The maximum atomic E-state index is 4.63. The van der Waals surface area contributed by atoms with Crippen molar-refractivity contribution in [2.75, 3.05) is 0 Å². The Morgan fingerprint density at radius 1 is 1.06 bits per heavy atom. The van der Waals surface area contributed by atoms with E-state index in [-0.39, 0.29) is 0 Å². The molecule has 0 N–H and O–H groups in total. The number of hydrogen-bond donors (Lipinski definition) is 0. The number of aryl methyl sites for hydroxylation is 2. The third kappa shape index (κ3) is 1.51. The average molecular weight is 223 g/mol. The molecule has 3 aromatic rings. The molecule has 0 saturated carbocycles. The van der Waals surface area contributed by atoms with Gasteiger partial charge in [0.2, 0.25) is 0 Å². The second kappa shape index (κ2) is 3.70. The molecule has 0 fully saturated rings. The molecule has 0 aliphatic rings. The summed E-state index contributed by atoms with van der Waals surface area (Å²) in [7, 11) is 2.04. The minimum absolute atomic E-state index is 1.03. The first-order valence-electron chi connectivity index (χ1n) is 5.60. The molecule has 3 nitrogen and oxygen atoms in total. The van der Waals surface area contributed by atoms with Gasteiger partial charge in [0.05, 0.1) is 11.0 Å². The third-order valence-electron chi connectivity index (χ3n) is 3.13. The van der Waals surface area contributed by atoms with Crippen molar-refractivity contribution in [2.24, 2.45) is 7.05 Å². The number of nitrogens with zero attached hydrogens (tertiary/aromatic N) is 3. The van der Waals surface area contributed by atoms with E-state index < -0.39 is 0 Å². The molecule has 0 unspecified atom stereocenters. The van der Waals surface area contributed by atoms with Crippen LogP contribution in [0.2, 0.25) is 0 Å². The highest BCUT2D eigenvalue weighted by molar-refractivity contribution is 5.92. The smallest absolute Gasteiger partial charge is 0.106 e. The van der Waals surface area contributed by atoms with E-state index in [4.69, 9.17) is 0 Å². The Hall–Kier alpha value is -2.16. The second-order valence-corrected chi connectivity index (χ2v) is 4.13. The van der Waals surface area contributed by atoms with Gasteiger partial charge in [0.15, 0.2) is 0 Å². The lowest BCUT2D eigenvalue weighted by molar-refractivity contribution is 0.886. The van der Waals surface area contributed by atoms with Crippen molar-refractivity contribution in [3.05, 3.63) is 48.5 Å². The Morgan fingerprint density at radius 3 is 2.59 bits per heavy atom. The Bertz CT molecular complexity index is 669. The first kappa shape index (κ1) is 10.0. The Morgan fingerprint density at radius 2 is 1.82 bits per heavy atom. The molecule has 3 heteroatoms. The zero-order valence-corrected chi connectivity index (χ0v) is 9.88. The molecule has 2 heterocycles. The Kier molecular flexibility index (Phi) is 2.18. The van der Waals surface area contributed by atoms with E-state index in [1.807, 2.05) is 38.5 Å². The summed E-state index contributed by atoms with van der Waals surface area (Å²) in [5.41, 5.74) is 4.54. The summed E-state index contributed by atoms with van der Waals surface area (Å²) in [6, 6.07) is 10.3. The highest BCUT2D eigenvalue weighted by Gasteiger charge is 2.09. The molecule has 84 valence electrons. The zero-order chi connectivity index (χ0) is 11.8. The zero-order valence-electron chi connectivity index (χ0n) is 9.88. The molecule has 0 radical (unpaired) electrons. The average Bonchev–Trinajstić information content (AvgIpc) is 2.67. The van der Waals surface area contributed by atoms with Crippen LogP contribution < -0.4 is 0 Å². The minimum atomic E-state index is 1.03. The summed E-state index contributed by atoms with van der Waals surface area (Å²) in [5.74, 6) is 1.03. The number of aromatic nitrogens is 3. The standard InChI is InChI=1S/C14H13N3/c1-10-16-14-12(11-6-8-15-9-7-11)4-3-5-13(14)17(10)2/h3-9H,1-2H3. The van der Waals surface area contributed by atoms with Crippen LogP contribution in [0.3, 0.4) is 0 Å². The number of imidazole rings is 1. The molecule has 17 heavy (non-hydrogen) atoms. The first-order chi connectivity index (χ1) is 8.27. The lowest BCUT2D eigenvalue weighted by Crippen LogP contribution is -1.89. The molecule has 0 aliphatic heterocycles. The van der Waals surface area contributed by atoms with E-state index in [0.29, 0.717) is 0 Å². The summed E-state index contributed by atoms with van der Waals surface area (Å²) in [6.07, 6.45) is 3.62. The van der Waals surface area contributed by atoms with Gasteiger partial charge in [-0.1, -0.05) is 12.1 Å². The summed E-state index contributed by atoms with van der Waals surface area (Å²) < 4.78 is 2.11. The van der Waals surface area contributed by atoms with E-state index in [9.17, 15) is 0 Å². The van der Waals surface area contributed by atoms with Gasteiger partial charge in [-0.05, 0) is 30.7 Å². The fourth-order valence-electron chi connectivity index (χ4n) is 2.10. The van der Waals surface area contributed by atoms with Crippen LogP contribution in [-0.4, -0.2) is 14.5 Å². The number of benzene rings is 1. The van der Waals surface area contributed by atoms with Crippen molar-refractivity contribution in [1.29, 1.82) is 0 Å². The van der Waals surface area contributed by atoms with Crippen LogP contribution in [0.25, 0.3) is 22.2 Å². The summed E-state index contributed by atoms with van der Waals surface area (Å²) in [5, 5.41) is 0. The topological polar surface area (TPSA) is 30.7 Å². The third-order valence-corrected chi connectivity index (χ3v) is 3.13. The van der Waals surface area contributed by atoms with E-state index in [2.05, 4.69) is 32.7 Å². The molecule has 0 atom stereocenters. The predicted molar refractivity (Wildman–Crippen MR) is 68.7 cm³/mol. The molecule has 0 aliphatic carbocycles. The van der Waals surface area contributed by atoms with E-state index in [1.54, 1.807) is 0 Å². The van der Waals surface area contributed by atoms with Gasteiger partial charge in [-0.2, -0.15) is 0 Å². The van der Waals surface area contributed by atoms with Crippen molar-refractivity contribution in [2.45, 2.75) is 6.92 Å². The van der Waals surface area contributed by atoms with Gasteiger partial charge >= 0.3 is 0 Å². The number of pyridine rings is 1. The largest absolute Gasteiger partial charge is 0.331 e. The number of hydrogen-bond acceptors (Lipinski definition) is 2. The predicted octanol–water partition coefficient (Wildman–Crippen LogP) is 2.94. The maximum absolute atomic E-state index is 4.63. The molecular formula is C14H13N3. The minimum Gasteiger partial charge on any atom is -0.331 e. The van der Waals surface area contributed by atoms with Crippen molar-refractivity contribution in [3.63, 3.8) is 0 Å². The summed E-state index contributed by atoms with van der Waals surface area (Å²) in [6.45, 7) is 2.02. The van der Waals surface area contributed by atoms with E-state index in [0.717, 1.165) is 28.0 Å². The van der Waals surface area contributed by atoms with Crippen molar-refractivity contribution >= 4 is 11.0 Å². The fourth-order valence-corrected chi connectivity index (χ4v) is 2.10. The van der Waals surface area contributed by atoms with Crippen LogP contribution in [0.15, 0.2) is 42.7 Å². The molecule has 0 spiro atoms. The van der Waals surface area contributed by atoms with Crippen LogP contribution in [0.4, 0.5) is 0 Å². The van der Waals surface area contributed by atoms with Crippen LogP contribution in [0.1, 0.15) is 5.82 Å². The van der Waals surface area contributed by atoms with Crippen molar-refractivity contribution < 1.29 is 0 Å². The lowest BCUT2D eigenvalue weighted by atomic mass is 10.1. The van der Waals surface area contributed by atoms with E-state index in [1.165, 1.54) is 0 Å². The summed E-state index contributed by atoms with van der Waals surface area (Å²) >= 11 is 0. The van der Waals surface area contributed by atoms with Crippen molar-refractivity contribution in [1.82, 2.24) is 14.5 Å². The first-order valence-corrected chi connectivity index (χ1v) is 5.60. The number of rotatable bonds is 1. The molecule has 1 aromatic carbocycles. The van der Waals surface area contributed by atoms with Gasteiger partial charge in [-0.15, -0.1) is 0 Å². The lowest BCUT2D eigenvalue weighted by Gasteiger charge is -2.02.